The molecule has 0 aliphatic carbocycles. The van der Waals surface area contributed by atoms with Gasteiger partial charge in [-0.25, -0.2) is 9.59 Å². The van der Waals surface area contributed by atoms with Gasteiger partial charge in [0.25, 0.3) is 5.95 Å². The van der Waals surface area contributed by atoms with Crippen LogP contribution in [-0.4, -0.2) is 65.9 Å². The Kier molecular flexibility index (Phi) is 17.7. The zero-order valence-corrected chi connectivity index (χ0v) is 35.0. The van der Waals surface area contributed by atoms with Crippen molar-refractivity contribution in [2.45, 2.75) is 105 Å². The maximum Gasteiger partial charge on any atom is 0.338 e. The lowest BCUT2D eigenvalue weighted by atomic mass is 9.83. The fourth-order valence-corrected chi connectivity index (χ4v) is 5.04. The lowest BCUT2D eigenvalue weighted by Gasteiger charge is -2.25. The van der Waals surface area contributed by atoms with Gasteiger partial charge in [0.15, 0.2) is 0 Å². The number of halogens is 1. The fourth-order valence-electron chi connectivity index (χ4n) is 3.79. The molecule has 0 saturated heterocycles. The van der Waals surface area contributed by atoms with Gasteiger partial charge in [0.2, 0.25) is 8.32 Å². The fraction of sp³-hybridized carbons (Fsp3) is 0.541. The van der Waals surface area contributed by atoms with Gasteiger partial charge < -0.3 is 32.8 Å². The summed E-state index contributed by atoms with van der Waals surface area (Å²) in [6.07, 6.45) is 0. The predicted molar refractivity (Wildman–Crippen MR) is 199 cm³/mol. The first-order valence-corrected chi connectivity index (χ1v) is 19.9. The Balaban J connectivity index is 0.000000750. The van der Waals surface area contributed by atoms with E-state index in [4.69, 9.17) is 32.8 Å². The molecule has 0 atom stereocenters. The lowest BCUT2D eigenvalue weighted by Crippen LogP contribution is -2.31. The van der Waals surface area contributed by atoms with E-state index < -0.39 is 30.9 Å². The number of methoxy groups -OCH3 is 4. The Morgan fingerprint density at radius 2 is 1.08 bits per heavy atom. The Morgan fingerprint density at radius 3 is 1.41 bits per heavy atom. The molecule has 2 aromatic rings. The van der Waals surface area contributed by atoms with Gasteiger partial charge in [0.05, 0.1) is 49.5 Å². The van der Waals surface area contributed by atoms with Crippen molar-refractivity contribution in [1.29, 1.82) is 0 Å². The molecular formula is C37H57BrO10Si. The van der Waals surface area contributed by atoms with Crippen molar-refractivity contribution in [3.05, 3.63) is 69.1 Å². The smallest absolute Gasteiger partial charge is 0.338 e. The van der Waals surface area contributed by atoms with E-state index in [2.05, 4.69) is 35.6 Å². The number of allylic oxidation sites excluding steroid dienone is 1. The number of hydrogen-bond donors (Lipinski definition) is 0. The van der Waals surface area contributed by atoms with Gasteiger partial charge in [-0.15, -0.1) is 0 Å². The summed E-state index contributed by atoms with van der Waals surface area (Å²) < 4.78 is 37.4. The zero-order valence-electron chi connectivity index (χ0n) is 32.4. The second kappa shape index (κ2) is 19.0. The van der Waals surface area contributed by atoms with Crippen molar-refractivity contribution in [2.75, 3.05) is 28.4 Å². The highest BCUT2D eigenvalue weighted by Gasteiger charge is 2.34. The summed E-state index contributed by atoms with van der Waals surface area (Å²) in [7, 11) is 4.54. The molecule has 0 N–H and O–H groups in total. The third-order valence-corrected chi connectivity index (χ3v) is 7.44. The SMILES string of the molecule is COC(=O)C(C)(C)c1ccc(C(=O)OC(C)(C)C)cc1OC.COC(O[Si](C)(C)C)=C(C)C.COc1cc(C(=O)OC(C)(C)C)ccc1Br. The van der Waals surface area contributed by atoms with E-state index in [1.54, 1.807) is 85.2 Å². The summed E-state index contributed by atoms with van der Waals surface area (Å²) in [6.45, 7) is 24.8. The van der Waals surface area contributed by atoms with Crippen LogP contribution in [-0.2, 0) is 33.6 Å². The van der Waals surface area contributed by atoms with Gasteiger partial charge in [-0.3, -0.25) is 4.79 Å². The summed E-state index contributed by atoms with van der Waals surface area (Å²) in [5, 5.41) is 0. The highest BCUT2D eigenvalue weighted by atomic mass is 79.9. The van der Waals surface area contributed by atoms with Crippen LogP contribution in [0.15, 0.2) is 52.4 Å². The second-order valence-electron chi connectivity index (χ2n) is 14.6. The maximum absolute atomic E-state index is 12.1. The minimum Gasteiger partial charge on any atom is -0.520 e. The van der Waals surface area contributed by atoms with Crippen molar-refractivity contribution in [2.24, 2.45) is 0 Å². The average Bonchev–Trinajstić information content (AvgIpc) is 2.97. The third kappa shape index (κ3) is 16.6. The van der Waals surface area contributed by atoms with Crippen LogP contribution >= 0.6 is 15.9 Å². The normalized spacial score (nSPS) is 11.3. The van der Waals surface area contributed by atoms with Crippen LogP contribution in [0.4, 0.5) is 0 Å². The van der Waals surface area contributed by atoms with Crippen LogP contribution in [0.3, 0.4) is 0 Å². The third-order valence-electron chi connectivity index (χ3n) is 5.98. The van der Waals surface area contributed by atoms with Crippen LogP contribution in [0.1, 0.15) is 95.5 Å². The maximum atomic E-state index is 12.1. The van der Waals surface area contributed by atoms with Gasteiger partial charge >= 0.3 is 17.9 Å². The molecule has 0 fully saturated rings. The molecule has 0 heterocycles. The minimum atomic E-state index is -1.49. The van der Waals surface area contributed by atoms with Crippen LogP contribution in [0.2, 0.25) is 19.6 Å². The lowest BCUT2D eigenvalue weighted by molar-refractivity contribution is -0.146. The Bertz CT molecular complexity index is 1440. The Labute approximate surface area is 303 Å². The molecule has 0 unspecified atom stereocenters. The van der Waals surface area contributed by atoms with Crippen LogP contribution in [0.5, 0.6) is 11.5 Å². The predicted octanol–water partition coefficient (Wildman–Crippen LogP) is 9.25. The summed E-state index contributed by atoms with van der Waals surface area (Å²) in [4.78, 5) is 35.8. The summed E-state index contributed by atoms with van der Waals surface area (Å²) >= 11 is 3.32. The molecule has 0 aromatic heterocycles. The van der Waals surface area contributed by atoms with Crippen LogP contribution < -0.4 is 9.47 Å². The summed E-state index contributed by atoms with van der Waals surface area (Å²) in [5.74, 6) is 0.577. The zero-order chi connectivity index (χ0) is 38.5. The topological polar surface area (TPSA) is 116 Å². The number of benzene rings is 2. The van der Waals surface area contributed by atoms with Crippen molar-refractivity contribution >= 4 is 42.2 Å². The number of carbonyl (C=O) groups excluding carboxylic acids is 3. The molecule has 276 valence electrons. The quantitative estimate of drug-likeness (QED) is 0.106. The summed E-state index contributed by atoms with van der Waals surface area (Å²) in [5.41, 5.74) is 0.647. The van der Waals surface area contributed by atoms with E-state index in [-0.39, 0.29) is 11.9 Å². The van der Waals surface area contributed by atoms with Crippen molar-refractivity contribution in [3.63, 3.8) is 0 Å². The highest BCUT2D eigenvalue weighted by molar-refractivity contribution is 9.10. The van der Waals surface area contributed by atoms with Crippen molar-refractivity contribution in [1.82, 2.24) is 0 Å². The number of rotatable bonds is 9. The van der Waals surface area contributed by atoms with Crippen molar-refractivity contribution in [3.8, 4) is 11.5 Å². The molecule has 2 rings (SSSR count). The summed E-state index contributed by atoms with van der Waals surface area (Å²) in [6, 6.07) is 10.00. The number of ether oxygens (including phenoxy) is 6. The van der Waals surface area contributed by atoms with E-state index in [1.165, 1.54) is 14.2 Å². The van der Waals surface area contributed by atoms with E-state index in [0.29, 0.717) is 34.1 Å². The molecule has 0 bridgehead atoms. The monoisotopic (exact) mass is 768 g/mol. The van der Waals surface area contributed by atoms with E-state index in [0.717, 1.165) is 10.0 Å². The van der Waals surface area contributed by atoms with Crippen LogP contribution in [0.25, 0.3) is 0 Å². The first-order valence-electron chi connectivity index (χ1n) is 15.7. The van der Waals surface area contributed by atoms with Gasteiger partial charge in [0.1, 0.15) is 22.7 Å². The molecule has 10 nitrogen and oxygen atoms in total. The molecule has 0 saturated carbocycles. The minimum absolute atomic E-state index is 0.349. The average molecular weight is 770 g/mol. The largest absolute Gasteiger partial charge is 0.520 e. The van der Waals surface area contributed by atoms with Crippen molar-refractivity contribution < 1.29 is 47.2 Å². The molecular weight excluding hydrogens is 712 g/mol. The molecule has 12 heteroatoms. The molecule has 2 aromatic carbocycles. The van der Waals surface area contributed by atoms with Gasteiger partial charge in [-0.05, 0) is 135 Å². The number of esters is 3. The molecule has 0 amide bonds. The molecule has 0 spiro atoms. The highest BCUT2D eigenvalue weighted by Crippen LogP contribution is 2.34. The van der Waals surface area contributed by atoms with E-state index in [1.807, 2.05) is 34.6 Å². The van der Waals surface area contributed by atoms with Gasteiger partial charge in [-0.2, -0.15) is 0 Å². The standard InChI is InChI=1S/C17H24O5.C12H15BrO3.C8H18O2Si/c1-16(2,3)22-14(18)11-8-9-12(13(10-11)20-6)17(4,5)15(19)21-7;1-12(2,3)16-11(14)8-5-6-9(13)10(7-8)15-4;1-7(2)8(9-3)10-11(4,5)6/h8-10H,1-7H3;5-7H,1-4H3;1-6H3. The first-order chi connectivity index (χ1) is 22.2. The molecule has 49 heavy (non-hydrogen) atoms. The number of hydrogen-bond acceptors (Lipinski definition) is 10. The second-order valence-corrected chi connectivity index (χ2v) is 19.9. The van der Waals surface area contributed by atoms with Gasteiger partial charge in [-0.1, -0.05) is 6.07 Å². The Morgan fingerprint density at radius 1 is 0.653 bits per heavy atom. The Hall–Kier alpha value is -3.51. The van der Waals surface area contributed by atoms with E-state index in [9.17, 15) is 14.4 Å². The van der Waals surface area contributed by atoms with Gasteiger partial charge in [0, 0.05) is 11.1 Å². The van der Waals surface area contributed by atoms with E-state index >= 15 is 0 Å². The molecule has 0 aliphatic heterocycles. The molecule has 0 aliphatic rings. The van der Waals surface area contributed by atoms with Crippen LogP contribution in [0, 0.1) is 0 Å². The number of carbonyl (C=O) groups is 3. The first kappa shape index (κ1) is 45.5. The molecule has 0 radical (unpaired) electrons.